The summed E-state index contributed by atoms with van der Waals surface area (Å²) in [7, 11) is 1.76. The normalized spacial score (nSPS) is 21.1. The Labute approximate surface area is 142 Å². The van der Waals surface area contributed by atoms with Crippen LogP contribution < -0.4 is 10.6 Å². The van der Waals surface area contributed by atoms with Gasteiger partial charge in [0, 0.05) is 19.5 Å². The molecule has 0 saturated carbocycles. The van der Waals surface area contributed by atoms with E-state index in [1.165, 1.54) is 11.3 Å². The number of carbonyl (C=O) groups is 2. The van der Waals surface area contributed by atoms with Gasteiger partial charge in [0.05, 0.1) is 9.21 Å². The van der Waals surface area contributed by atoms with Gasteiger partial charge in [-0.1, -0.05) is 18.5 Å². The smallest absolute Gasteiger partial charge is 0.248 e. The third-order valence-electron chi connectivity index (χ3n) is 3.78. The zero-order valence-electron chi connectivity index (χ0n) is 12.8. The van der Waals surface area contributed by atoms with E-state index in [0.717, 1.165) is 10.6 Å². The molecular weight excluding hydrogens is 336 g/mol. The van der Waals surface area contributed by atoms with Crippen molar-refractivity contribution >= 4 is 40.6 Å². The van der Waals surface area contributed by atoms with E-state index in [1.54, 1.807) is 17.8 Å². The van der Waals surface area contributed by atoms with Gasteiger partial charge in [-0.25, -0.2) is 0 Å². The van der Waals surface area contributed by atoms with Crippen molar-refractivity contribution in [3.05, 3.63) is 22.5 Å². The third-order valence-corrected chi connectivity index (χ3v) is 5.03. The molecule has 2 aromatic rings. The Morgan fingerprint density at radius 3 is 2.96 bits per heavy atom. The largest absolute Gasteiger partial charge is 0.344 e. The van der Waals surface area contributed by atoms with Crippen LogP contribution in [-0.4, -0.2) is 27.6 Å². The molecular formula is C15H17ClN4O2S. The number of thiophene rings is 1. The Morgan fingerprint density at radius 2 is 2.30 bits per heavy atom. The second kappa shape index (κ2) is 6.33. The van der Waals surface area contributed by atoms with Gasteiger partial charge in [-0.3, -0.25) is 14.3 Å². The fraction of sp³-hybridized carbons (Fsp3) is 0.400. The van der Waals surface area contributed by atoms with Crippen molar-refractivity contribution in [3.8, 4) is 10.6 Å². The fourth-order valence-corrected chi connectivity index (χ4v) is 3.66. The van der Waals surface area contributed by atoms with Crippen LogP contribution in [0.3, 0.4) is 0 Å². The molecule has 3 heterocycles. The van der Waals surface area contributed by atoms with Gasteiger partial charge in [0.2, 0.25) is 11.8 Å². The molecule has 1 saturated heterocycles. The van der Waals surface area contributed by atoms with Crippen LogP contribution in [0.25, 0.3) is 10.6 Å². The summed E-state index contributed by atoms with van der Waals surface area (Å²) in [5.41, 5.74) is 0.751. The summed E-state index contributed by atoms with van der Waals surface area (Å²) >= 11 is 7.37. The van der Waals surface area contributed by atoms with Crippen LogP contribution in [0.1, 0.15) is 19.8 Å². The lowest BCUT2D eigenvalue weighted by molar-refractivity contribution is -0.129. The highest BCUT2D eigenvalue weighted by Crippen LogP contribution is 2.31. The van der Waals surface area contributed by atoms with Crippen LogP contribution in [0.15, 0.2) is 18.2 Å². The standard InChI is InChI=1S/C15H17ClN4O2S/c1-8-5-10(17-14(21)6-8)15(22)18-13-7-9(19-20(13)2)11-3-4-12(16)23-11/h3-4,7-8,10H,5-6H2,1-2H3,(H,17,21)(H,18,22)/t8-,10-/m1/s1. The molecule has 0 radical (unpaired) electrons. The van der Waals surface area contributed by atoms with Crippen molar-refractivity contribution in [1.29, 1.82) is 0 Å². The second-order valence-corrected chi connectivity index (χ2v) is 7.51. The highest BCUT2D eigenvalue weighted by atomic mass is 35.5. The molecule has 1 aliphatic heterocycles. The average Bonchev–Trinajstić information content (AvgIpc) is 3.05. The monoisotopic (exact) mass is 352 g/mol. The SMILES string of the molecule is C[C@H]1CC(=O)N[C@@H](C(=O)Nc2cc(-c3ccc(Cl)s3)nn2C)C1. The molecule has 0 aliphatic carbocycles. The minimum Gasteiger partial charge on any atom is -0.344 e. The predicted octanol–water partition coefficient (Wildman–Crippen LogP) is 2.66. The molecule has 23 heavy (non-hydrogen) atoms. The van der Waals surface area contributed by atoms with Crippen LogP contribution in [0.5, 0.6) is 0 Å². The van der Waals surface area contributed by atoms with Crippen LogP contribution in [0.2, 0.25) is 4.34 Å². The summed E-state index contributed by atoms with van der Waals surface area (Å²) in [5.74, 6) is 0.489. The minimum atomic E-state index is -0.499. The third kappa shape index (κ3) is 3.56. The molecule has 3 rings (SSSR count). The number of nitrogens with one attached hydrogen (secondary N) is 2. The summed E-state index contributed by atoms with van der Waals surface area (Å²) in [4.78, 5) is 24.9. The van der Waals surface area contributed by atoms with Gasteiger partial charge in [-0.15, -0.1) is 11.3 Å². The van der Waals surface area contributed by atoms with Crippen LogP contribution in [0.4, 0.5) is 5.82 Å². The molecule has 2 aromatic heterocycles. The Hall–Kier alpha value is -1.86. The maximum absolute atomic E-state index is 12.4. The summed E-state index contributed by atoms with van der Waals surface area (Å²) in [6, 6.07) is 5.01. The minimum absolute atomic E-state index is 0.0807. The summed E-state index contributed by atoms with van der Waals surface area (Å²) in [6.45, 7) is 1.97. The summed E-state index contributed by atoms with van der Waals surface area (Å²) < 4.78 is 2.30. The second-order valence-electron chi connectivity index (χ2n) is 5.80. The van der Waals surface area contributed by atoms with E-state index in [0.29, 0.717) is 23.0 Å². The van der Waals surface area contributed by atoms with Gasteiger partial charge >= 0.3 is 0 Å². The quantitative estimate of drug-likeness (QED) is 0.891. The highest BCUT2D eigenvalue weighted by molar-refractivity contribution is 7.19. The molecule has 1 fully saturated rings. The number of hydrogen-bond donors (Lipinski definition) is 2. The number of nitrogens with zero attached hydrogens (tertiary/aromatic N) is 2. The van der Waals surface area contributed by atoms with Crippen molar-refractivity contribution in [1.82, 2.24) is 15.1 Å². The Kier molecular flexibility index (Phi) is 4.41. The average molecular weight is 353 g/mol. The van der Waals surface area contributed by atoms with Crippen LogP contribution in [0, 0.1) is 5.92 Å². The van der Waals surface area contributed by atoms with E-state index in [4.69, 9.17) is 11.6 Å². The Balaban J connectivity index is 1.74. The predicted molar refractivity (Wildman–Crippen MR) is 90.5 cm³/mol. The van der Waals surface area contributed by atoms with Gasteiger partial charge < -0.3 is 10.6 Å². The first kappa shape index (κ1) is 16.0. The first-order valence-corrected chi connectivity index (χ1v) is 8.52. The summed E-state index contributed by atoms with van der Waals surface area (Å²) in [5, 5.41) is 9.96. The van der Waals surface area contributed by atoms with Crippen molar-refractivity contribution in [3.63, 3.8) is 0 Å². The number of halogens is 1. The lowest BCUT2D eigenvalue weighted by atomic mass is 9.93. The van der Waals surface area contributed by atoms with E-state index in [9.17, 15) is 9.59 Å². The molecule has 6 nitrogen and oxygen atoms in total. The van der Waals surface area contributed by atoms with E-state index >= 15 is 0 Å². The Morgan fingerprint density at radius 1 is 1.52 bits per heavy atom. The van der Waals surface area contributed by atoms with Crippen molar-refractivity contribution in [2.24, 2.45) is 13.0 Å². The molecule has 2 N–H and O–H groups in total. The lowest BCUT2D eigenvalue weighted by Gasteiger charge is -2.26. The van der Waals surface area contributed by atoms with Crippen LogP contribution in [-0.2, 0) is 16.6 Å². The number of carbonyl (C=O) groups excluding carboxylic acids is 2. The van der Waals surface area contributed by atoms with E-state index < -0.39 is 6.04 Å². The zero-order chi connectivity index (χ0) is 16.6. The molecule has 8 heteroatoms. The van der Waals surface area contributed by atoms with Crippen molar-refractivity contribution in [2.75, 3.05) is 5.32 Å². The molecule has 0 aromatic carbocycles. The van der Waals surface area contributed by atoms with Gasteiger partial charge in [-0.2, -0.15) is 5.10 Å². The first-order valence-electron chi connectivity index (χ1n) is 7.32. The number of aromatic nitrogens is 2. The van der Waals surface area contributed by atoms with Gasteiger partial charge in [0.1, 0.15) is 17.6 Å². The van der Waals surface area contributed by atoms with Gasteiger partial charge in [0.25, 0.3) is 0 Å². The van der Waals surface area contributed by atoms with Crippen molar-refractivity contribution in [2.45, 2.75) is 25.8 Å². The number of piperidine rings is 1. The molecule has 0 unspecified atom stereocenters. The molecule has 2 amide bonds. The fourth-order valence-electron chi connectivity index (χ4n) is 2.66. The van der Waals surface area contributed by atoms with E-state index in [1.807, 2.05) is 19.1 Å². The number of anilines is 1. The maximum Gasteiger partial charge on any atom is 0.248 e. The molecule has 122 valence electrons. The zero-order valence-corrected chi connectivity index (χ0v) is 14.4. The first-order chi connectivity index (χ1) is 10.9. The highest BCUT2D eigenvalue weighted by Gasteiger charge is 2.29. The molecule has 2 atom stereocenters. The molecule has 0 spiro atoms. The van der Waals surface area contributed by atoms with Gasteiger partial charge in [0.15, 0.2) is 0 Å². The lowest BCUT2D eigenvalue weighted by Crippen LogP contribution is -2.48. The Bertz CT molecular complexity index is 754. The number of rotatable bonds is 3. The summed E-state index contributed by atoms with van der Waals surface area (Å²) in [6.07, 6.45) is 1.11. The number of aryl methyl sites for hydroxylation is 1. The van der Waals surface area contributed by atoms with Crippen molar-refractivity contribution < 1.29 is 9.59 Å². The topological polar surface area (TPSA) is 76.0 Å². The molecule has 1 aliphatic rings. The van der Waals surface area contributed by atoms with E-state index in [-0.39, 0.29) is 17.7 Å². The number of amides is 2. The van der Waals surface area contributed by atoms with E-state index in [2.05, 4.69) is 15.7 Å². The number of hydrogen-bond acceptors (Lipinski definition) is 4. The van der Waals surface area contributed by atoms with Gasteiger partial charge in [-0.05, 0) is 24.5 Å². The maximum atomic E-state index is 12.4. The molecule has 0 bridgehead atoms. The van der Waals surface area contributed by atoms with Crippen LogP contribution >= 0.6 is 22.9 Å².